The number of nitrogens with zero attached hydrogens (tertiary/aromatic N) is 2. The molecule has 0 saturated carbocycles. The first-order valence-corrected chi connectivity index (χ1v) is 9.49. The molecule has 1 aromatic carbocycles. The molecular weight excluding hydrogens is 363 g/mol. The molecule has 0 aromatic heterocycles. The third-order valence-corrected chi connectivity index (χ3v) is 5.13. The van der Waals surface area contributed by atoms with E-state index in [1.807, 2.05) is 0 Å². The summed E-state index contributed by atoms with van der Waals surface area (Å²) in [5.74, 6) is -1.52. The van der Waals surface area contributed by atoms with Crippen molar-refractivity contribution in [3.05, 3.63) is 29.6 Å². The lowest BCUT2D eigenvalue weighted by atomic mass is 10.1. The molecule has 0 atom stereocenters. The Morgan fingerprint density at radius 2 is 1.92 bits per heavy atom. The number of carbonyl (C=O) groups excluding carboxylic acids is 1. The van der Waals surface area contributed by atoms with Crippen molar-refractivity contribution in [2.24, 2.45) is 5.73 Å². The number of piperazine rings is 1. The van der Waals surface area contributed by atoms with Crippen LogP contribution >= 0.6 is 0 Å². The monoisotopic (exact) mass is 388 g/mol. The van der Waals surface area contributed by atoms with Crippen LogP contribution in [0.5, 0.6) is 0 Å². The second kappa shape index (κ2) is 8.95. The molecule has 1 saturated heterocycles. The highest BCUT2D eigenvalue weighted by Gasteiger charge is 2.25. The van der Waals surface area contributed by atoms with Gasteiger partial charge in [0, 0.05) is 31.7 Å². The lowest BCUT2D eigenvalue weighted by Crippen LogP contribution is -2.48. The predicted molar refractivity (Wildman–Crippen MR) is 98.1 cm³/mol. The smallest absolute Gasteiger partial charge is 0.313 e. The van der Waals surface area contributed by atoms with Crippen molar-refractivity contribution in [3.63, 3.8) is 0 Å². The van der Waals surface area contributed by atoms with Crippen LogP contribution in [-0.2, 0) is 26.2 Å². The van der Waals surface area contributed by atoms with Crippen LogP contribution in [-0.4, -0.2) is 57.0 Å². The summed E-state index contributed by atoms with van der Waals surface area (Å²) in [6.45, 7) is 1.07. The van der Waals surface area contributed by atoms with E-state index in [2.05, 4.69) is 0 Å². The number of amidine groups is 1. The number of carbonyl (C=O) groups is 1. The zero-order chi connectivity index (χ0) is 18.6. The molecule has 1 aromatic rings. The van der Waals surface area contributed by atoms with Gasteiger partial charge in [-0.1, -0.05) is 19.6 Å². The molecule has 0 amide bonds. The van der Waals surface area contributed by atoms with Gasteiger partial charge in [0.25, 0.3) is 0 Å². The number of nitrogens with two attached hydrogens (primary N) is 1. The molecule has 1 aliphatic heterocycles. The molecule has 146 valence electrons. The summed E-state index contributed by atoms with van der Waals surface area (Å²) in [6, 6.07) is 4.76. The lowest BCUT2D eigenvalue weighted by Gasteiger charge is -2.35. The van der Waals surface area contributed by atoms with Gasteiger partial charge < -0.3 is 15.4 Å². The number of ether oxygens (including phenoxy) is 1. The zero-order valence-electron chi connectivity index (χ0n) is 13.9. The van der Waals surface area contributed by atoms with Gasteiger partial charge in [0.05, 0.1) is 11.9 Å². The Bertz CT molecular complexity index is 762. The van der Waals surface area contributed by atoms with E-state index < -0.39 is 21.8 Å². The van der Waals surface area contributed by atoms with E-state index in [1.165, 1.54) is 10.4 Å². The fourth-order valence-electron chi connectivity index (χ4n) is 2.55. The van der Waals surface area contributed by atoms with Crippen LogP contribution in [0.15, 0.2) is 18.2 Å². The predicted octanol–water partition coefficient (Wildman–Crippen LogP) is 0.913. The van der Waals surface area contributed by atoms with Crippen LogP contribution in [0.25, 0.3) is 0 Å². The van der Waals surface area contributed by atoms with Gasteiger partial charge in [-0.3, -0.25) is 10.2 Å². The Hall–Kier alpha value is -2.20. The normalized spacial score (nSPS) is 15.2. The van der Waals surface area contributed by atoms with Gasteiger partial charge in [-0.2, -0.15) is 4.31 Å². The number of esters is 1. The highest BCUT2D eigenvalue weighted by molar-refractivity contribution is 7.88. The number of halogens is 1. The van der Waals surface area contributed by atoms with E-state index in [1.54, 1.807) is 17.0 Å². The molecule has 0 spiro atoms. The van der Waals surface area contributed by atoms with Crippen molar-refractivity contribution in [2.75, 3.05) is 37.3 Å². The Balaban J connectivity index is 0.00000338. The van der Waals surface area contributed by atoms with Crippen molar-refractivity contribution in [3.8, 4) is 0 Å². The van der Waals surface area contributed by atoms with Crippen LogP contribution in [0.3, 0.4) is 0 Å². The van der Waals surface area contributed by atoms with Crippen molar-refractivity contribution in [1.82, 2.24) is 4.31 Å². The molecule has 0 aliphatic carbocycles. The average molecular weight is 388 g/mol. The third kappa shape index (κ3) is 5.67. The molecule has 1 fully saturated rings. The maximum atomic E-state index is 14.7. The van der Waals surface area contributed by atoms with E-state index in [9.17, 15) is 17.6 Å². The van der Waals surface area contributed by atoms with Gasteiger partial charge in [-0.25, -0.2) is 12.8 Å². The lowest BCUT2D eigenvalue weighted by molar-refractivity contribution is -0.143. The molecule has 26 heavy (non-hydrogen) atoms. The second-order valence-corrected chi connectivity index (χ2v) is 7.74. The molecule has 2 rings (SSSR count). The molecule has 0 bridgehead atoms. The fourth-order valence-corrected chi connectivity index (χ4v) is 3.37. The summed E-state index contributed by atoms with van der Waals surface area (Å²) in [7, 11) is -3.25. The van der Waals surface area contributed by atoms with Crippen LogP contribution in [0, 0.1) is 11.2 Å². The van der Waals surface area contributed by atoms with Crippen molar-refractivity contribution in [1.29, 1.82) is 5.41 Å². The first-order chi connectivity index (χ1) is 11.7. The van der Waals surface area contributed by atoms with Crippen LogP contribution < -0.4 is 10.6 Å². The summed E-state index contributed by atoms with van der Waals surface area (Å²) in [5, 5.41) is 7.03. The molecule has 3 N–H and O–H groups in total. The summed E-state index contributed by atoms with van der Waals surface area (Å²) in [4.78, 5) is 13.2. The number of sulfonamides is 1. The summed E-state index contributed by atoms with van der Waals surface area (Å²) in [5.41, 5.74) is 5.66. The standard InChI is InChI=1S/C15H21FN4O4S.CH4/c1-25(22,23)20-7-5-19(6-8-20)12-4-2-3-11(15(12)16)10-24-14(21)9-13(17)18;/h2-4H,5-10H2,1H3,(H3,17,18);1H4. The number of rotatable bonds is 6. The van der Waals surface area contributed by atoms with Crippen LogP contribution in [0.2, 0.25) is 0 Å². The van der Waals surface area contributed by atoms with E-state index in [0.29, 0.717) is 18.8 Å². The number of hydrogen-bond donors (Lipinski definition) is 2. The van der Waals surface area contributed by atoms with Gasteiger partial charge in [-0.05, 0) is 6.07 Å². The zero-order valence-corrected chi connectivity index (χ0v) is 14.7. The topological polar surface area (TPSA) is 117 Å². The van der Waals surface area contributed by atoms with Crippen molar-refractivity contribution in [2.45, 2.75) is 20.5 Å². The van der Waals surface area contributed by atoms with E-state index in [0.717, 1.165) is 6.26 Å². The third-order valence-electron chi connectivity index (χ3n) is 3.83. The van der Waals surface area contributed by atoms with Gasteiger partial charge in [0.1, 0.15) is 18.9 Å². The summed E-state index contributed by atoms with van der Waals surface area (Å²) < 4.78 is 44.0. The number of hydrogen-bond acceptors (Lipinski definition) is 6. The van der Waals surface area contributed by atoms with E-state index in [4.69, 9.17) is 15.9 Å². The second-order valence-electron chi connectivity index (χ2n) is 5.76. The van der Waals surface area contributed by atoms with E-state index in [-0.39, 0.29) is 44.9 Å². The first kappa shape index (κ1) is 21.8. The highest BCUT2D eigenvalue weighted by Crippen LogP contribution is 2.24. The average Bonchev–Trinajstić information content (AvgIpc) is 2.52. The number of benzene rings is 1. The molecule has 1 aliphatic rings. The molecule has 0 radical (unpaired) electrons. The van der Waals surface area contributed by atoms with Gasteiger partial charge in [0.15, 0.2) is 5.82 Å². The fraction of sp³-hybridized carbons (Fsp3) is 0.500. The molecule has 10 heteroatoms. The summed E-state index contributed by atoms with van der Waals surface area (Å²) in [6.07, 6.45) is 0.814. The molecule has 1 heterocycles. The Morgan fingerprint density at radius 3 is 2.46 bits per heavy atom. The van der Waals surface area contributed by atoms with Gasteiger partial charge in [-0.15, -0.1) is 0 Å². The SMILES string of the molecule is C.CS(=O)(=O)N1CCN(c2cccc(COC(=O)CC(=N)N)c2F)CC1. The van der Waals surface area contributed by atoms with Gasteiger partial charge in [0.2, 0.25) is 10.0 Å². The molecule has 8 nitrogen and oxygen atoms in total. The van der Waals surface area contributed by atoms with Crippen molar-refractivity contribution >= 4 is 27.5 Å². The maximum absolute atomic E-state index is 14.7. The number of nitrogens with one attached hydrogen (secondary N) is 1. The summed E-state index contributed by atoms with van der Waals surface area (Å²) >= 11 is 0. The first-order valence-electron chi connectivity index (χ1n) is 7.64. The minimum Gasteiger partial charge on any atom is -0.460 e. The quantitative estimate of drug-likeness (QED) is 0.425. The van der Waals surface area contributed by atoms with Gasteiger partial charge >= 0.3 is 5.97 Å². The van der Waals surface area contributed by atoms with Crippen LogP contribution in [0.1, 0.15) is 19.4 Å². The Kier molecular flexibility index (Phi) is 7.52. The highest BCUT2D eigenvalue weighted by atomic mass is 32.2. The largest absolute Gasteiger partial charge is 0.460 e. The minimum atomic E-state index is -3.25. The van der Waals surface area contributed by atoms with Crippen LogP contribution in [0.4, 0.5) is 10.1 Å². The maximum Gasteiger partial charge on any atom is 0.313 e. The molecular formula is C16H25FN4O4S. The minimum absolute atomic E-state index is 0. The Labute approximate surface area is 153 Å². The molecule has 0 unspecified atom stereocenters. The van der Waals surface area contributed by atoms with Crippen molar-refractivity contribution < 1.29 is 22.3 Å². The Morgan fingerprint density at radius 1 is 1.31 bits per heavy atom. The number of anilines is 1. The van der Waals surface area contributed by atoms with E-state index >= 15 is 0 Å².